The van der Waals surface area contributed by atoms with E-state index in [9.17, 15) is 0 Å². The van der Waals surface area contributed by atoms with E-state index in [1.165, 1.54) is 0 Å². The number of benzene rings is 2. The summed E-state index contributed by atoms with van der Waals surface area (Å²) in [4.78, 5) is 0.831. The highest BCUT2D eigenvalue weighted by atomic mass is 32.1. The summed E-state index contributed by atoms with van der Waals surface area (Å²) in [6.45, 7) is 0. The molecule has 74 valence electrons. The van der Waals surface area contributed by atoms with Gasteiger partial charge in [-0.3, -0.25) is 0 Å². The van der Waals surface area contributed by atoms with E-state index in [0.29, 0.717) is 0 Å². The van der Waals surface area contributed by atoms with Crippen LogP contribution in [0.5, 0.6) is 0 Å². The summed E-state index contributed by atoms with van der Waals surface area (Å²) < 4.78 is 0. The maximum atomic E-state index is 4.29. The lowest BCUT2D eigenvalue weighted by molar-refractivity contribution is 1.20. The van der Waals surface area contributed by atoms with Crippen molar-refractivity contribution < 1.29 is 0 Å². The van der Waals surface area contributed by atoms with Crippen molar-refractivity contribution in [3.8, 4) is 0 Å². The summed E-state index contributed by atoms with van der Waals surface area (Å²) in [6.07, 6.45) is 0. The van der Waals surface area contributed by atoms with Crippen LogP contribution in [0.2, 0.25) is 0 Å². The van der Waals surface area contributed by atoms with Crippen LogP contribution in [0, 0.1) is 0 Å². The number of hydrogen-bond donors (Lipinski definition) is 1. The second-order valence-corrected chi connectivity index (χ2v) is 3.51. The fourth-order valence-electron chi connectivity index (χ4n) is 1.15. The fourth-order valence-corrected chi connectivity index (χ4v) is 1.36. The number of nitrogens with zero attached hydrogens (tertiary/aromatic N) is 2. The van der Waals surface area contributed by atoms with Crippen LogP contribution in [-0.2, 0) is 0 Å². The van der Waals surface area contributed by atoms with E-state index in [1.807, 2.05) is 54.6 Å². The van der Waals surface area contributed by atoms with Crippen LogP contribution < -0.4 is 0 Å². The summed E-state index contributed by atoms with van der Waals surface area (Å²) in [5.41, 5.74) is 1.62. The zero-order chi connectivity index (χ0) is 10.5. The Morgan fingerprint density at radius 1 is 0.733 bits per heavy atom. The molecule has 0 aliphatic heterocycles. The third-order valence-electron chi connectivity index (χ3n) is 1.91. The van der Waals surface area contributed by atoms with Gasteiger partial charge < -0.3 is 0 Å². The third kappa shape index (κ3) is 2.67. The Balaban J connectivity index is 2.23. The highest BCUT2D eigenvalue weighted by Gasteiger charge is 1.93. The maximum absolute atomic E-state index is 4.29. The number of hydrogen-bond acceptors (Lipinski definition) is 3. The number of thiol groups is 1. The van der Waals surface area contributed by atoms with E-state index in [0.717, 1.165) is 16.3 Å². The van der Waals surface area contributed by atoms with Gasteiger partial charge in [0.1, 0.15) is 0 Å². The summed E-state index contributed by atoms with van der Waals surface area (Å²) in [7, 11) is 0. The largest absolute Gasteiger partial charge is 0.151 e. The van der Waals surface area contributed by atoms with E-state index < -0.39 is 0 Å². The topological polar surface area (TPSA) is 24.7 Å². The van der Waals surface area contributed by atoms with E-state index in [1.54, 1.807) is 0 Å². The van der Waals surface area contributed by atoms with Crippen LogP contribution in [0.25, 0.3) is 0 Å². The quantitative estimate of drug-likeness (QED) is 0.566. The summed E-state index contributed by atoms with van der Waals surface area (Å²) in [5.74, 6) is 0. The van der Waals surface area contributed by atoms with E-state index in [2.05, 4.69) is 22.9 Å². The highest BCUT2D eigenvalue weighted by molar-refractivity contribution is 7.80. The van der Waals surface area contributed by atoms with Crippen LogP contribution in [-0.4, -0.2) is 0 Å². The van der Waals surface area contributed by atoms with Gasteiger partial charge in [-0.05, 0) is 24.3 Å². The Morgan fingerprint density at radius 3 is 2.13 bits per heavy atom. The fraction of sp³-hybridized carbons (Fsp3) is 0. The summed E-state index contributed by atoms with van der Waals surface area (Å²) in [6, 6.07) is 17.2. The van der Waals surface area contributed by atoms with Gasteiger partial charge in [0, 0.05) is 4.90 Å². The molecule has 2 aromatic rings. The van der Waals surface area contributed by atoms with Crippen LogP contribution in [0.1, 0.15) is 0 Å². The lowest BCUT2D eigenvalue weighted by atomic mass is 10.3. The molecule has 0 bridgehead atoms. The van der Waals surface area contributed by atoms with E-state index in [4.69, 9.17) is 0 Å². The highest BCUT2D eigenvalue weighted by Crippen LogP contribution is 2.24. The minimum atomic E-state index is 0.782. The molecule has 0 aromatic heterocycles. The first-order chi connectivity index (χ1) is 7.36. The molecule has 0 radical (unpaired) electrons. The van der Waals surface area contributed by atoms with Crippen molar-refractivity contribution >= 4 is 24.0 Å². The molecule has 3 heteroatoms. The Kier molecular flexibility index (Phi) is 3.15. The lowest BCUT2D eigenvalue weighted by Gasteiger charge is -1.95. The van der Waals surface area contributed by atoms with Gasteiger partial charge >= 0.3 is 0 Å². The summed E-state index contributed by atoms with van der Waals surface area (Å²) >= 11 is 4.29. The molecule has 0 spiro atoms. The molecule has 2 aromatic carbocycles. The van der Waals surface area contributed by atoms with Crippen molar-refractivity contribution in [2.75, 3.05) is 0 Å². The average molecular weight is 214 g/mol. The second-order valence-electron chi connectivity index (χ2n) is 3.02. The summed E-state index contributed by atoms with van der Waals surface area (Å²) in [5, 5.41) is 8.24. The molecule has 2 nitrogen and oxygen atoms in total. The molecule has 0 heterocycles. The Hall–Kier alpha value is -1.61. The minimum absolute atomic E-state index is 0.782. The molecular weight excluding hydrogens is 204 g/mol. The third-order valence-corrected chi connectivity index (χ3v) is 2.29. The first-order valence-corrected chi connectivity index (χ1v) is 5.06. The monoisotopic (exact) mass is 214 g/mol. The Bertz CT molecular complexity index is 466. The van der Waals surface area contributed by atoms with E-state index >= 15 is 0 Å². The lowest BCUT2D eigenvalue weighted by Crippen LogP contribution is -1.67. The SMILES string of the molecule is Sc1ccccc1/N=N/c1ccccc1. The first-order valence-electron chi connectivity index (χ1n) is 4.61. The Labute approximate surface area is 94.1 Å². The van der Waals surface area contributed by atoms with Crippen LogP contribution in [0.15, 0.2) is 69.7 Å². The number of azo groups is 1. The molecule has 0 unspecified atom stereocenters. The molecule has 0 aliphatic rings. The van der Waals surface area contributed by atoms with Gasteiger partial charge in [-0.2, -0.15) is 5.11 Å². The van der Waals surface area contributed by atoms with Gasteiger partial charge in [0.25, 0.3) is 0 Å². The van der Waals surface area contributed by atoms with Gasteiger partial charge in [0.15, 0.2) is 0 Å². The molecule has 0 amide bonds. The van der Waals surface area contributed by atoms with Gasteiger partial charge in [0.05, 0.1) is 11.4 Å². The van der Waals surface area contributed by atoms with Gasteiger partial charge in [-0.1, -0.05) is 30.3 Å². The maximum Gasteiger partial charge on any atom is 0.0990 e. The van der Waals surface area contributed by atoms with E-state index in [-0.39, 0.29) is 0 Å². The molecule has 0 atom stereocenters. The van der Waals surface area contributed by atoms with Crippen LogP contribution in [0.3, 0.4) is 0 Å². The first kappa shape index (κ1) is 9.93. The minimum Gasteiger partial charge on any atom is -0.151 e. The molecule has 0 aliphatic carbocycles. The predicted octanol–water partition coefficient (Wildman–Crippen LogP) is 4.39. The molecule has 0 saturated heterocycles. The molecular formula is C12H10N2S. The molecule has 15 heavy (non-hydrogen) atoms. The molecule has 0 saturated carbocycles. The zero-order valence-corrected chi connectivity index (χ0v) is 8.93. The van der Waals surface area contributed by atoms with Crippen LogP contribution in [0.4, 0.5) is 11.4 Å². The van der Waals surface area contributed by atoms with Crippen molar-refractivity contribution in [1.29, 1.82) is 0 Å². The molecule has 2 rings (SSSR count). The van der Waals surface area contributed by atoms with Crippen molar-refractivity contribution in [2.24, 2.45) is 10.2 Å². The van der Waals surface area contributed by atoms with Crippen molar-refractivity contribution in [3.05, 3.63) is 54.6 Å². The van der Waals surface area contributed by atoms with Crippen LogP contribution >= 0.6 is 12.6 Å². The smallest absolute Gasteiger partial charge is 0.0990 e. The predicted molar refractivity (Wildman–Crippen MR) is 64.3 cm³/mol. The molecule has 0 N–H and O–H groups in total. The number of rotatable bonds is 2. The zero-order valence-electron chi connectivity index (χ0n) is 8.04. The van der Waals surface area contributed by atoms with Gasteiger partial charge in [-0.15, -0.1) is 17.7 Å². The van der Waals surface area contributed by atoms with Gasteiger partial charge in [-0.25, -0.2) is 0 Å². The normalized spacial score (nSPS) is 10.7. The van der Waals surface area contributed by atoms with Gasteiger partial charge in [0.2, 0.25) is 0 Å². The standard InChI is InChI=1S/C12H10N2S/c15-12-9-5-4-8-11(12)14-13-10-6-2-1-3-7-10/h1-9,15H/b14-13+. The van der Waals surface area contributed by atoms with Crippen molar-refractivity contribution in [2.45, 2.75) is 4.90 Å². The average Bonchev–Trinajstić information content (AvgIpc) is 2.29. The second kappa shape index (κ2) is 4.75. The van der Waals surface area contributed by atoms with Crippen molar-refractivity contribution in [1.82, 2.24) is 0 Å². The Morgan fingerprint density at radius 2 is 1.40 bits per heavy atom. The molecule has 0 fully saturated rings. The van der Waals surface area contributed by atoms with Crippen molar-refractivity contribution in [3.63, 3.8) is 0 Å².